The monoisotopic (exact) mass is 379 g/mol. The Morgan fingerprint density at radius 3 is 2.58 bits per heavy atom. The van der Waals surface area contributed by atoms with Crippen molar-refractivity contribution in [3.8, 4) is 5.75 Å². The van der Waals surface area contributed by atoms with Gasteiger partial charge >= 0.3 is 0 Å². The van der Waals surface area contributed by atoms with Gasteiger partial charge in [-0.25, -0.2) is 8.42 Å². The summed E-state index contributed by atoms with van der Waals surface area (Å²) >= 11 is 3.08. The minimum absolute atomic E-state index is 0.264. The highest BCUT2D eigenvalue weighted by molar-refractivity contribution is 7.89. The maximum Gasteiger partial charge on any atom is 0.241 e. The highest BCUT2D eigenvalue weighted by Crippen LogP contribution is 2.30. The van der Waals surface area contributed by atoms with Crippen LogP contribution in [0.3, 0.4) is 0 Å². The Hall–Kier alpha value is -1.67. The molecule has 1 atom stereocenters. The van der Waals surface area contributed by atoms with Gasteiger partial charge in [0, 0.05) is 4.88 Å². The molecule has 0 aliphatic heterocycles. The van der Waals surface area contributed by atoms with Crippen LogP contribution in [0.2, 0.25) is 0 Å². The smallest absolute Gasteiger partial charge is 0.241 e. The topological polar surface area (TPSA) is 55.4 Å². The number of sulfonamides is 1. The second-order valence-electron chi connectivity index (χ2n) is 5.26. The van der Waals surface area contributed by atoms with Gasteiger partial charge in [-0.15, -0.1) is 11.3 Å². The normalized spacial score (nSPS) is 12.9. The molecule has 0 radical (unpaired) electrons. The molecular weight excluding hydrogens is 362 g/mol. The molecule has 24 heavy (non-hydrogen) atoms. The van der Waals surface area contributed by atoms with E-state index in [1.54, 1.807) is 43.6 Å². The van der Waals surface area contributed by atoms with E-state index in [1.165, 1.54) is 11.3 Å². The third-order valence-electron chi connectivity index (χ3n) is 3.65. The van der Waals surface area contributed by atoms with Crippen LogP contribution in [-0.2, 0) is 10.0 Å². The third-order valence-corrected chi connectivity index (χ3v) is 6.87. The van der Waals surface area contributed by atoms with E-state index in [1.807, 2.05) is 34.3 Å². The number of aryl methyl sites for hydroxylation is 1. The molecule has 1 aromatic carbocycles. The van der Waals surface area contributed by atoms with Crippen molar-refractivity contribution < 1.29 is 13.2 Å². The van der Waals surface area contributed by atoms with Crippen LogP contribution in [0.25, 0.3) is 0 Å². The van der Waals surface area contributed by atoms with Crippen LogP contribution < -0.4 is 9.46 Å². The summed E-state index contributed by atoms with van der Waals surface area (Å²) in [6.45, 7) is 1.77. The molecule has 0 unspecified atom stereocenters. The number of benzene rings is 1. The zero-order valence-corrected chi connectivity index (χ0v) is 15.7. The fraction of sp³-hybridized carbons (Fsp3) is 0.176. The van der Waals surface area contributed by atoms with Gasteiger partial charge in [-0.3, -0.25) is 0 Å². The number of ether oxygens (including phenoxy) is 1. The second kappa shape index (κ2) is 7.06. The summed E-state index contributed by atoms with van der Waals surface area (Å²) in [4.78, 5) is 1.23. The van der Waals surface area contributed by atoms with Gasteiger partial charge in [0.25, 0.3) is 0 Å². The van der Waals surface area contributed by atoms with Crippen molar-refractivity contribution in [2.75, 3.05) is 7.11 Å². The Bertz CT molecular complexity index is 866. The van der Waals surface area contributed by atoms with E-state index in [0.29, 0.717) is 11.3 Å². The number of thiophene rings is 2. The molecule has 0 bridgehead atoms. The molecule has 4 nitrogen and oxygen atoms in total. The van der Waals surface area contributed by atoms with E-state index in [-0.39, 0.29) is 10.9 Å². The lowest BCUT2D eigenvalue weighted by atomic mass is 10.1. The SMILES string of the molecule is COc1ccc(S(=O)(=O)N[C@H](c2ccsc2)c2cccs2)c(C)c1. The van der Waals surface area contributed by atoms with Gasteiger partial charge in [-0.05, 0) is 64.5 Å². The first kappa shape index (κ1) is 17.2. The maximum absolute atomic E-state index is 12.9. The average Bonchev–Trinajstić information content (AvgIpc) is 3.25. The summed E-state index contributed by atoms with van der Waals surface area (Å²) in [6.07, 6.45) is 0. The molecule has 7 heteroatoms. The lowest BCUT2D eigenvalue weighted by Crippen LogP contribution is -2.29. The van der Waals surface area contributed by atoms with E-state index in [0.717, 1.165) is 10.4 Å². The van der Waals surface area contributed by atoms with Crippen molar-refractivity contribution in [1.82, 2.24) is 4.72 Å². The molecule has 2 aromatic heterocycles. The van der Waals surface area contributed by atoms with Gasteiger partial charge in [0.15, 0.2) is 0 Å². The quantitative estimate of drug-likeness (QED) is 0.698. The number of hydrogen-bond acceptors (Lipinski definition) is 5. The lowest BCUT2D eigenvalue weighted by Gasteiger charge is -2.18. The molecule has 126 valence electrons. The predicted molar refractivity (Wildman–Crippen MR) is 98.5 cm³/mol. The standard InChI is InChI=1S/C17H17NO3S3/c1-12-10-14(21-2)5-6-16(12)24(19,20)18-17(13-7-9-22-11-13)15-4-3-8-23-15/h3-11,17-18H,1-2H3/t17-/m1/s1. The van der Waals surface area contributed by atoms with Crippen LogP contribution in [0.4, 0.5) is 0 Å². The highest BCUT2D eigenvalue weighted by atomic mass is 32.2. The van der Waals surface area contributed by atoms with Crippen molar-refractivity contribution in [3.05, 3.63) is 68.5 Å². The number of nitrogens with one attached hydrogen (secondary N) is 1. The Morgan fingerprint density at radius 1 is 1.17 bits per heavy atom. The summed E-state index contributed by atoms with van der Waals surface area (Å²) in [7, 11) is -2.10. The largest absolute Gasteiger partial charge is 0.497 e. The first-order valence-electron chi connectivity index (χ1n) is 7.24. The number of hydrogen-bond donors (Lipinski definition) is 1. The van der Waals surface area contributed by atoms with Gasteiger partial charge < -0.3 is 4.74 Å². The van der Waals surface area contributed by atoms with Crippen molar-refractivity contribution in [1.29, 1.82) is 0 Å². The molecule has 3 aromatic rings. The zero-order valence-electron chi connectivity index (χ0n) is 13.2. The molecular formula is C17H17NO3S3. The van der Waals surface area contributed by atoms with E-state index in [4.69, 9.17) is 4.74 Å². The summed E-state index contributed by atoms with van der Waals surface area (Å²) in [5, 5.41) is 5.86. The molecule has 2 heterocycles. The third kappa shape index (κ3) is 3.54. The van der Waals surface area contributed by atoms with Gasteiger partial charge in [-0.1, -0.05) is 6.07 Å². The van der Waals surface area contributed by atoms with E-state index in [9.17, 15) is 8.42 Å². The van der Waals surface area contributed by atoms with Crippen molar-refractivity contribution in [2.45, 2.75) is 17.9 Å². The molecule has 0 saturated heterocycles. The summed E-state index contributed by atoms with van der Waals surface area (Å²) in [5.74, 6) is 0.638. The predicted octanol–water partition coefficient (Wildman–Crippen LogP) is 4.19. The second-order valence-corrected chi connectivity index (χ2v) is 8.70. The highest BCUT2D eigenvalue weighted by Gasteiger charge is 2.25. The van der Waals surface area contributed by atoms with Crippen molar-refractivity contribution in [2.24, 2.45) is 0 Å². The minimum Gasteiger partial charge on any atom is -0.497 e. The Balaban J connectivity index is 1.97. The summed E-state index contributed by atoms with van der Waals surface area (Å²) < 4.78 is 33.8. The molecule has 0 fully saturated rings. The number of methoxy groups -OCH3 is 1. The van der Waals surface area contributed by atoms with Gasteiger partial charge in [0.1, 0.15) is 5.75 Å². The van der Waals surface area contributed by atoms with Crippen LogP contribution in [-0.4, -0.2) is 15.5 Å². The van der Waals surface area contributed by atoms with Crippen LogP contribution in [0.5, 0.6) is 5.75 Å². The fourth-order valence-electron chi connectivity index (χ4n) is 2.45. The Labute approximate surface area is 149 Å². The molecule has 1 N–H and O–H groups in total. The first-order valence-corrected chi connectivity index (χ1v) is 10.5. The van der Waals surface area contributed by atoms with E-state index >= 15 is 0 Å². The Morgan fingerprint density at radius 2 is 2.00 bits per heavy atom. The van der Waals surface area contributed by atoms with Crippen LogP contribution in [0.1, 0.15) is 22.0 Å². The molecule has 0 amide bonds. The minimum atomic E-state index is -3.66. The van der Waals surface area contributed by atoms with Gasteiger partial charge in [-0.2, -0.15) is 16.1 Å². The van der Waals surface area contributed by atoms with Gasteiger partial charge in [0.05, 0.1) is 18.0 Å². The van der Waals surface area contributed by atoms with Crippen LogP contribution in [0, 0.1) is 6.92 Å². The molecule has 0 aliphatic rings. The number of rotatable bonds is 6. The van der Waals surface area contributed by atoms with Crippen molar-refractivity contribution in [3.63, 3.8) is 0 Å². The molecule has 0 aliphatic carbocycles. The summed E-state index contributed by atoms with van der Waals surface area (Å²) in [6, 6.07) is 10.4. The summed E-state index contributed by atoms with van der Waals surface area (Å²) in [5.41, 5.74) is 1.59. The van der Waals surface area contributed by atoms with E-state index < -0.39 is 10.0 Å². The molecule has 0 saturated carbocycles. The lowest BCUT2D eigenvalue weighted by molar-refractivity contribution is 0.414. The molecule has 0 spiro atoms. The zero-order chi connectivity index (χ0) is 17.2. The van der Waals surface area contributed by atoms with Crippen LogP contribution in [0.15, 0.2) is 57.4 Å². The van der Waals surface area contributed by atoms with Crippen molar-refractivity contribution >= 4 is 32.7 Å². The maximum atomic E-state index is 12.9. The average molecular weight is 380 g/mol. The van der Waals surface area contributed by atoms with Gasteiger partial charge in [0.2, 0.25) is 10.0 Å². The first-order chi connectivity index (χ1) is 11.5. The van der Waals surface area contributed by atoms with Crippen LogP contribution >= 0.6 is 22.7 Å². The molecule has 3 rings (SSSR count). The Kier molecular flexibility index (Phi) is 5.05. The fourth-order valence-corrected chi connectivity index (χ4v) is 5.45. The van der Waals surface area contributed by atoms with E-state index in [2.05, 4.69) is 4.72 Å².